The molecule has 0 spiro atoms. The highest BCUT2D eigenvalue weighted by Crippen LogP contribution is 2.25. The van der Waals surface area contributed by atoms with Gasteiger partial charge >= 0.3 is 0 Å². The average molecular weight is 263 g/mol. The Bertz CT molecular complexity index is 449. The van der Waals surface area contributed by atoms with Crippen LogP contribution >= 0.6 is 0 Å². The highest BCUT2D eigenvalue weighted by molar-refractivity contribution is 5.39. The maximum absolute atomic E-state index is 9.28. The first-order chi connectivity index (χ1) is 9.02. The highest BCUT2D eigenvalue weighted by atomic mass is 16.5. The summed E-state index contributed by atoms with van der Waals surface area (Å²) in [7, 11) is 1.58. The molecule has 19 heavy (non-hydrogen) atoms. The number of rotatable bonds is 7. The second kappa shape index (κ2) is 7.01. The van der Waals surface area contributed by atoms with Crippen LogP contribution in [0.2, 0.25) is 0 Å². The second-order valence-corrected chi connectivity index (χ2v) is 5.08. The lowest BCUT2D eigenvalue weighted by molar-refractivity contribution is 0.253. The van der Waals surface area contributed by atoms with Gasteiger partial charge in [0.05, 0.1) is 31.8 Å². The average Bonchev–Trinajstić information content (AvgIpc) is 2.43. The van der Waals surface area contributed by atoms with Crippen LogP contribution in [0.3, 0.4) is 0 Å². The molecule has 0 unspecified atom stereocenters. The van der Waals surface area contributed by atoms with Crippen molar-refractivity contribution in [3.63, 3.8) is 0 Å². The quantitative estimate of drug-likeness (QED) is 0.768. The molecule has 0 aliphatic carbocycles. The monoisotopic (exact) mass is 263 g/mol. The van der Waals surface area contributed by atoms with E-state index in [4.69, 9.17) is 14.7 Å². The summed E-state index contributed by atoms with van der Waals surface area (Å²) < 4.78 is 10.7. The Labute approximate surface area is 114 Å². The minimum absolute atomic E-state index is 0.0871. The first kappa shape index (κ1) is 15.3. The molecule has 1 rings (SSSR count). The van der Waals surface area contributed by atoms with Gasteiger partial charge in [-0.25, -0.2) is 0 Å². The van der Waals surface area contributed by atoms with Crippen molar-refractivity contribution in [2.75, 3.05) is 13.7 Å². The lowest BCUT2D eigenvalue weighted by atomic mass is 9.90. The number of aliphatic hydroxyl groups excluding tert-OH is 1. The van der Waals surface area contributed by atoms with Gasteiger partial charge in [0.2, 0.25) is 0 Å². The van der Waals surface area contributed by atoms with Crippen molar-refractivity contribution in [3.8, 4) is 17.6 Å². The summed E-state index contributed by atoms with van der Waals surface area (Å²) in [6, 6.07) is 7.61. The van der Waals surface area contributed by atoms with Crippen LogP contribution in [0.25, 0.3) is 0 Å². The second-order valence-electron chi connectivity index (χ2n) is 5.08. The molecule has 1 aromatic carbocycles. The van der Waals surface area contributed by atoms with Crippen molar-refractivity contribution in [1.29, 1.82) is 5.26 Å². The fraction of sp³-hybridized carbons (Fsp3) is 0.533. The Morgan fingerprint density at radius 3 is 2.68 bits per heavy atom. The van der Waals surface area contributed by atoms with E-state index in [1.807, 2.05) is 13.8 Å². The number of nitriles is 1. The third kappa shape index (κ3) is 4.80. The molecular weight excluding hydrogens is 242 g/mol. The van der Waals surface area contributed by atoms with E-state index in [1.54, 1.807) is 25.3 Å². The molecule has 0 saturated heterocycles. The first-order valence-electron chi connectivity index (χ1n) is 6.34. The van der Waals surface area contributed by atoms with E-state index in [1.165, 1.54) is 0 Å². The van der Waals surface area contributed by atoms with Gasteiger partial charge in [0, 0.05) is 5.56 Å². The predicted octanol–water partition coefficient (Wildman–Crippen LogP) is 2.90. The number of nitrogens with zero attached hydrogens (tertiary/aromatic N) is 1. The summed E-state index contributed by atoms with van der Waals surface area (Å²) in [5, 5.41) is 18.2. The van der Waals surface area contributed by atoms with E-state index >= 15 is 0 Å². The molecular formula is C15H21NO3. The molecule has 4 nitrogen and oxygen atoms in total. The van der Waals surface area contributed by atoms with Gasteiger partial charge in [-0.3, -0.25) is 0 Å². The van der Waals surface area contributed by atoms with Crippen molar-refractivity contribution in [2.45, 2.75) is 33.3 Å². The third-order valence-corrected chi connectivity index (χ3v) is 2.94. The van der Waals surface area contributed by atoms with Crippen molar-refractivity contribution in [1.82, 2.24) is 0 Å². The predicted molar refractivity (Wildman–Crippen MR) is 73.0 cm³/mol. The van der Waals surface area contributed by atoms with E-state index < -0.39 is 0 Å². The van der Waals surface area contributed by atoms with E-state index in [0.29, 0.717) is 23.7 Å². The number of methoxy groups -OCH3 is 1. The van der Waals surface area contributed by atoms with Crippen LogP contribution in [0.1, 0.15) is 32.3 Å². The molecule has 1 aromatic rings. The Morgan fingerprint density at radius 2 is 2.11 bits per heavy atom. The van der Waals surface area contributed by atoms with Crippen LogP contribution in [-0.4, -0.2) is 18.8 Å². The minimum atomic E-state index is -0.316. The molecule has 0 aliphatic rings. The van der Waals surface area contributed by atoms with Gasteiger partial charge in [0.1, 0.15) is 11.5 Å². The minimum Gasteiger partial charge on any atom is -0.497 e. The van der Waals surface area contributed by atoms with Crippen molar-refractivity contribution in [2.24, 2.45) is 5.41 Å². The zero-order valence-corrected chi connectivity index (χ0v) is 11.8. The van der Waals surface area contributed by atoms with Crippen molar-refractivity contribution in [3.05, 3.63) is 23.8 Å². The maximum atomic E-state index is 9.28. The first-order valence-corrected chi connectivity index (χ1v) is 6.34. The molecule has 0 aliphatic heterocycles. The Balaban J connectivity index is 2.52. The summed E-state index contributed by atoms with van der Waals surface area (Å²) in [4.78, 5) is 0. The molecule has 0 atom stereocenters. The van der Waals surface area contributed by atoms with Gasteiger partial charge in [-0.2, -0.15) is 5.26 Å². The molecule has 0 aromatic heterocycles. The Morgan fingerprint density at radius 1 is 1.37 bits per heavy atom. The lowest BCUT2D eigenvalue weighted by Crippen LogP contribution is -2.10. The van der Waals surface area contributed by atoms with Gasteiger partial charge in [-0.05, 0) is 44.9 Å². The van der Waals surface area contributed by atoms with Gasteiger partial charge in [-0.1, -0.05) is 0 Å². The fourth-order valence-electron chi connectivity index (χ4n) is 1.70. The molecule has 4 heteroatoms. The Hall–Kier alpha value is -1.73. The SMILES string of the molecule is COc1ccc(OCCCC(C)(C)C#N)c(CO)c1. The summed E-state index contributed by atoms with van der Waals surface area (Å²) in [5.41, 5.74) is 0.391. The number of ether oxygens (including phenoxy) is 2. The third-order valence-electron chi connectivity index (χ3n) is 2.94. The molecule has 0 fully saturated rings. The van der Waals surface area contributed by atoms with Crippen LogP contribution in [0.5, 0.6) is 11.5 Å². The van der Waals surface area contributed by atoms with Gasteiger partial charge in [0.15, 0.2) is 0 Å². The number of aliphatic hydroxyl groups is 1. The Kier molecular flexibility index (Phi) is 5.65. The standard InChI is InChI=1S/C15H21NO3/c1-15(2,11-16)7-4-8-19-14-6-5-13(18-3)9-12(14)10-17/h5-6,9,17H,4,7-8,10H2,1-3H3. The maximum Gasteiger partial charge on any atom is 0.125 e. The zero-order chi connectivity index (χ0) is 14.3. The smallest absolute Gasteiger partial charge is 0.125 e. The molecule has 0 heterocycles. The normalized spacial score (nSPS) is 10.9. The molecule has 0 radical (unpaired) electrons. The molecule has 0 saturated carbocycles. The van der Waals surface area contributed by atoms with Crippen LogP contribution in [-0.2, 0) is 6.61 Å². The summed E-state index contributed by atoms with van der Waals surface area (Å²) in [6.45, 7) is 4.28. The molecule has 1 N–H and O–H groups in total. The highest BCUT2D eigenvalue weighted by Gasteiger charge is 2.15. The molecule has 0 amide bonds. The topological polar surface area (TPSA) is 62.5 Å². The summed E-state index contributed by atoms with van der Waals surface area (Å²) in [5.74, 6) is 1.36. The van der Waals surface area contributed by atoms with Gasteiger partial charge < -0.3 is 14.6 Å². The number of benzene rings is 1. The van der Waals surface area contributed by atoms with Crippen molar-refractivity contribution >= 4 is 0 Å². The van der Waals surface area contributed by atoms with Crippen LogP contribution in [0.15, 0.2) is 18.2 Å². The van der Waals surface area contributed by atoms with Crippen molar-refractivity contribution < 1.29 is 14.6 Å². The van der Waals surface area contributed by atoms with E-state index in [-0.39, 0.29) is 12.0 Å². The van der Waals surface area contributed by atoms with E-state index in [0.717, 1.165) is 12.8 Å². The van der Waals surface area contributed by atoms with Crippen LogP contribution < -0.4 is 9.47 Å². The fourth-order valence-corrected chi connectivity index (χ4v) is 1.70. The van der Waals surface area contributed by atoms with Crippen LogP contribution in [0, 0.1) is 16.7 Å². The number of hydrogen-bond acceptors (Lipinski definition) is 4. The lowest BCUT2D eigenvalue weighted by Gasteiger charge is -2.16. The zero-order valence-electron chi connectivity index (χ0n) is 11.8. The van der Waals surface area contributed by atoms with Crippen LogP contribution in [0.4, 0.5) is 0 Å². The molecule has 0 bridgehead atoms. The number of hydrogen-bond donors (Lipinski definition) is 1. The summed E-state index contributed by atoms with van der Waals surface area (Å²) >= 11 is 0. The van der Waals surface area contributed by atoms with E-state index in [2.05, 4.69) is 6.07 Å². The molecule has 104 valence electrons. The van der Waals surface area contributed by atoms with Gasteiger partial charge in [0.25, 0.3) is 0 Å². The van der Waals surface area contributed by atoms with Gasteiger partial charge in [-0.15, -0.1) is 0 Å². The van der Waals surface area contributed by atoms with E-state index in [9.17, 15) is 5.11 Å². The summed E-state index contributed by atoms with van der Waals surface area (Å²) in [6.07, 6.45) is 1.59. The largest absolute Gasteiger partial charge is 0.497 e.